The number of nitrogens with one attached hydrogen (secondary N) is 1. The van der Waals surface area contributed by atoms with Gasteiger partial charge in [0.1, 0.15) is 0 Å². The third-order valence-corrected chi connectivity index (χ3v) is 4.06. The Labute approximate surface area is 97.3 Å². The summed E-state index contributed by atoms with van der Waals surface area (Å²) in [5.74, 6) is 0. The second kappa shape index (κ2) is 7.18. The molecule has 1 aliphatic rings. The van der Waals surface area contributed by atoms with E-state index in [1.807, 2.05) is 0 Å². The Balaban J connectivity index is 2.22. The van der Waals surface area contributed by atoms with Crippen molar-refractivity contribution in [2.24, 2.45) is 5.73 Å². The Bertz CT molecular complexity index is 276. The lowest BCUT2D eigenvalue weighted by Crippen LogP contribution is -2.44. The van der Waals surface area contributed by atoms with Gasteiger partial charge in [-0.3, -0.25) is 0 Å². The summed E-state index contributed by atoms with van der Waals surface area (Å²) in [6.07, 6.45) is 3.01. The van der Waals surface area contributed by atoms with Crippen molar-refractivity contribution < 1.29 is 13.2 Å². The van der Waals surface area contributed by atoms with Gasteiger partial charge in [0.05, 0.1) is 13.2 Å². The second-order valence-corrected chi connectivity index (χ2v) is 5.52. The number of piperidine rings is 1. The zero-order chi connectivity index (χ0) is 11.9. The van der Waals surface area contributed by atoms with E-state index in [0.29, 0.717) is 39.4 Å². The van der Waals surface area contributed by atoms with Gasteiger partial charge in [-0.25, -0.2) is 0 Å². The van der Waals surface area contributed by atoms with Crippen molar-refractivity contribution in [2.75, 3.05) is 39.4 Å². The van der Waals surface area contributed by atoms with E-state index in [1.165, 1.54) is 4.31 Å². The maximum atomic E-state index is 11.8. The molecule has 0 aliphatic carbocycles. The minimum Gasteiger partial charge on any atom is -0.379 e. The van der Waals surface area contributed by atoms with Gasteiger partial charge in [-0.1, -0.05) is 6.42 Å². The summed E-state index contributed by atoms with van der Waals surface area (Å²) in [5.41, 5.74) is 5.24. The fourth-order valence-electron chi connectivity index (χ4n) is 1.62. The lowest BCUT2D eigenvalue weighted by molar-refractivity contribution is 0.146. The van der Waals surface area contributed by atoms with Crippen LogP contribution in [0.5, 0.6) is 0 Å². The summed E-state index contributed by atoms with van der Waals surface area (Å²) in [6.45, 7) is 2.84. The van der Waals surface area contributed by atoms with Gasteiger partial charge in [0, 0.05) is 26.2 Å². The molecule has 16 heavy (non-hydrogen) atoms. The number of rotatable bonds is 7. The summed E-state index contributed by atoms with van der Waals surface area (Å²) >= 11 is 0. The highest BCUT2D eigenvalue weighted by atomic mass is 32.2. The SMILES string of the molecule is NCCOCCNS(=O)(=O)N1CCCCC1. The van der Waals surface area contributed by atoms with Crippen LogP contribution >= 0.6 is 0 Å². The average Bonchev–Trinajstić information content (AvgIpc) is 2.30. The maximum absolute atomic E-state index is 11.8. The smallest absolute Gasteiger partial charge is 0.279 e. The third-order valence-electron chi connectivity index (χ3n) is 2.45. The molecule has 1 aliphatic heterocycles. The molecule has 0 bridgehead atoms. The van der Waals surface area contributed by atoms with Crippen LogP contribution in [0.25, 0.3) is 0 Å². The summed E-state index contributed by atoms with van der Waals surface area (Å²) in [4.78, 5) is 0. The zero-order valence-corrected chi connectivity index (χ0v) is 10.3. The van der Waals surface area contributed by atoms with Crippen molar-refractivity contribution in [1.82, 2.24) is 9.03 Å². The van der Waals surface area contributed by atoms with Crippen LogP contribution in [0.3, 0.4) is 0 Å². The van der Waals surface area contributed by atoms with E-state index in [2.05, 4.69) is 4.72 Å². The van der Waals surface area contributed by atoms with Gasteiger partial charge >= 0.3 is 0 Å². The molecule has 0 spiro atoms. The van der Waals surface area contributed by atoms with E-state index in [-0.39, 0.29) is 0 Å². The quantitative estimate of drug-likeness (QED) is 0.585. The van der Waals surface area contributed by atoms with E-state index >= 15 is 0 Å². The van der Waals surface area contributed by atoms with Crippen LogP contribution in [0.2, 0.25) is 0 Å². The first-order valence-corrected chi connectivity index (χ1v) is 7.13. The largest absolute Gasteiger partial charge is 0.379 e. The molecule has 0 atom stereocenters. The summed E-state index contributed by atoms with van der Waals surface area (Å²) in [7, 11) is -3.30. The lowest BCUT2D eigenvalue weighted by Gasteiger charge is -2.25. The van der Waals surface area contributed by atoms with Crippen LogP contribution in [0.1, 0.15) is 19.3 Å². The first-order valence-electron chi connectivity index (χ1n) is 5.69. The summed E-state index contributed by atoms with van der Waals surface area (Å²) in [5, 5.41) is 0. The fourth-order valence-corrected chi connectivity index (χ4v) is 2.89. The molecule has 0 aromatic carbocycles. The minimum atomic E-state index is -3.30. The number of nitrogens with two attached hydrogens (primary N) is 1. The molecule has 1 fully saturated rings. The van der Waals surface area contributed by atoms with Gasteiger partial charge in [0.15, 0.2) is 0 Å². The average molecular weight is 251 g/mol. The van der Waals surface area contributed by atoms with E-state index in [0.717, 1.165) is 19.3 Å². The highest BCUT2D eigenvalue weighted by molar-refractivity contribution is 7.87. The molecule has 96 valence electrons. The fraction of sp³-hybridized carbons (Fsp3) is 1.00. The number of hydrogen-bond acceptors (Lipinski definition) is 4. The molecule has 3 N–H and O–H groups in total. The predicted octanol–water partition coefficient (Wildman–Crippen LogP) is -0.718. The number of ether oxygens (including phenoxy) is 1. The monoisotopic (exact) mass is 251 g/mol. The Hall–Kier alpha value is -0.210. The summed E-state index contributed by atoms with van der Waals surface area (Å²) < 4.78 is 32.6. The highest BCUT2D eigenvalue weighted by Gasteiger charge is 2.22. The molecule has 1 saturated heterocycles. The lowest BCUT2D eigenvalue weighted by atomic mass is 10.2. The molecule has 7 heteroatoms. The van der Waals surface area contributed by atoms with Crippen molar-refractivity contribution in [3.05, 3.63) is 0 Å². The van der Waals surface area contributed by atoms with Crippen LogP contribution in [0.4, 0.5) is 0 Å². The number of hydrogen-bond donors (Lipinski definition) is 2. The van der Waals surface area contributed by atoms with Gasteiger partial charge in [-0.2, -0.15) is 17.4 Å². The van der Waals surface area contributed by atoms with Gasteiger partial charge in [-0.15, -0.1) is 0 Å². The number of nitrogens with zero attached hydrogens (tertiary/aromatic N) is 1. The van der Waals surface area contributed by atoms with Crippen molar-refractivity contribution in [3.63, 3.8) is 0 Å². The molecule has 6 nitrogen and oxygen atoms in total. The standard InChI is InChI=1S/C9H21N3O3S/c10-4-8-15-9-5-11-16(13,14)12-6-2-1-3-7-12/h11H,1-10H2. The van der Waals surface area contributed by atoms with Crippen LogP contribution in [0, 0.1) is 0 Å². The molecule has 0 unspecified atom stereocenters. The molecule has 1 heterocycles. The molecular weight excluding hydrogens is 230 g/mol. The first-order chi connectivity index (χ1) is 7.67. The molecule has 1 rings (SSSR count). The van der Waals surface area contributed by atoms with Gasteiger partial charge < -0.3 is 10.5 Å². The van der Waals surface area contributed by atoms with Crippen LogP contribution in [0.15, 0.2) is 0 Å². The minimum absolute atomic E-state index is 0.304. The summed E-state index contributed by atoms with van der Waals surface area (Å²) in [6, 6.07) is 0. The first kappa shape index (κ1) is 13.9. The van der Waals surface area contributed by atoms with Gasteiger partial charge in [-0.05, 0) is 12.8 Å². The van der Waals surface area contributed by atoms with Crippen LogP contribution in [-0.2, 0) is 14.9 Å². The van der Waals surface area contributed by atoms with E-state index < -0.39 is 10.2 Å². The maximum Gasteiger partial charge on any atom is 0.279 e. The van der Waals surface area contributed by atoms with Crippen molar-refractivity contribution in [1.29, 1.82) is 0 Å². The molecular formula is C9H21N3O3S. The third kappa shape index (κ3) is 4.75. The van der Waals surface area contributed by atoms with Gasteiger partial charge in [0.2, 0.25) is 0 Å². The molecule has 0 radical (unpaired) electrons. The van der Waals surface area contributed by atoms with Crippen molar-refractivity contribution in [3.8, 4) is 0 Å². The van der Waals surface area contributed by atoms with E-state index in [1.54, 1.807) is 0 Å². The van der Waals surface area contributed by atoms with Crippen molar-refractivity contribution in [2.45, 2.75) is 19.3 Å². The predicted molar refractivity (Wildman–Crippen MR) is 62.2 cm³/mol. The molecule has 0 aromatic rings. The molecule has 0 amide bonds. The zero-order valence-electron chi connectivity index (χ0n) is 9.52. The Kier molecular flexibility index (Phi) is 6.22. The Morgan fingerprint density at radius 2 is 1.88 bits per heavy atom. The highest BCUT2D eigenvalue weighted by Crippen LogP contribution is 2.11. The van der Waals surface area contributed by atoms with Crippen molar-refractivity contribution >= 4 is 10.2 Å². The van der Waals surface area contributed by atoms with E-state index in [4.69, 9.17) is 10.5 Å². The molecule has 0 saturated carbocycles. The molecule has 0 aromatic heterocycles. The Morgan fingerprint density at radius 3 is 2.50 bits per heavy atom. The Morgan fingerprint density at radius 1 is 1.19 bits per heavy atom. The van der Waals surface area contributed by atoms with E-state index in [9.17, 15) is 8.42 Å². The van der Waals surface area contributed by atoms with Crippen LogP contribution in [-0.4, -0.2) is 52.1 Å². The van der Waals surface area contributed by atoms with Crippen LogP contribution < -0.4 is 10.5 Å². The second-order valence-electron chi connectivity index (χ2n) is 3.76. The topological polar surface area (TPSA) is 84.7 Å². The van der Waals surface area contributed by atoms with Gasteiger partial charge in [0.25, 0.3) is 10.2 Å². The normalized spacial score (nSPS) is 18.8.